The number of hydrogen-bond donors (Lipinski definition) is 0. The first-order valence-corrected chi connectivity index (χ1v) is 11.0. The molecule has 0 spiro atoms. The van der Waals surface area contributed by atoms with E-state index in [1.165, 1.54) is 70.8 Å². The zero-order chi connectivity index (χ0) is 20.0. The van der Waals surface area contributed by atoms with Gasteiger partial charge in [0.25, 0.3) is 0 Å². The molecule has 1 aromatic rings. The lowest BCUT2D eigenvalue weighted by molar-refractivity contribution is -0.890. The first-order chi connectivity index (χ1) is 13.0. The van der Waals surface area contributed by atoms with Crippen LogP contribution in [0.3, 0.4) is 0 Å². The van der Waals surface area contributed by atoms with Gasteiger partial charge in [-0.3, -0.25) is 4.79 Å². The number of likely N-dealkylation sites (N-methyl/N-ethyl adjacent to an activating group) is 1. The van der Waals surface area contributed by atoms with Crippen molar-refractivity contribution in [2.75, 3.05) is 33.8 Å². The normalized spacial score (nSPS) is 11.1. The number of quaternary nitrogens is 1. The Morgan fingerprint density at radius 3 is 1.96 bits per heavy atom. The van der Waals surface area contributed by atoms with Crippen LogP contribution >= 0.6 is 0 Å². The Bertz CT molecular complexity index is 531. The first-order valence-electron chi connectivity index (χ1n) is 11.0. The van der Waals surface area contributed by atoms with Gasteiger partial charge in [0.1, 0.15) is 18.9 Å². The van der Waals surface area contributed by atoms with E-state index >= 15 is 0 Å². The van der Waals surface area contributed by atoms with Gasteiger partial charge in [0.15, 0.2) is 5.78 Å². The fourth-order valence-electron chi connectivity index (χ4n) is 3.43. The van der Waals surface area contributed by atoms with Crippen molar-refractivity contribution < 1.29 is 31.0 Å². The molecule has 162 valence electrons. The minimum atomic E-state index is 0. The molecule has 0 aliphatic heterocycles. The molecule has 0 saturated carbocycles. The van der Waals surface area contributed by atoms with Crippen molar-refractivity contribution in [3.05, 3.63) is 29.8 Å². The van der Waals surface area contributed by atoms with Crippen LogP contribution in [-0.4, -0.2) is 44.1 Å². The number of ketones is 1. The number of halogens is 1. The van der Waals surface area contributed by atoms with Crippen molar-refractivity contribution in [1.29, 1.82) is 0 Å². The summed E-state index contributed by atoms with van der Waals surface area (Å²) in [6.07, 6.45) is 13.8. The minimum absolute atomic E-state index is 0. The lowest BCUT2D eigenvalue weighted by Gasteiger charge is -2.29. The molecule has 1 aromatic carbocycles. The maximum Gasteiger partial charge on any atom is 0.163 e. The van der Waals surface area contributed by atoms with Crippen LogP contribution in [0.1, 0.15) is 88.4 Å². The van der Waals surface area contributed by atoms with Gasteiger partial charge in [-0.15, -0.1) is 0 Å². The van der Waals surface area contributed by atoms with Crippen LogP contribution in [0.25, 0.3) is 0 Å². The topological polar surface area (TPSA) is 26.3 Å². The molecule has 0 heterocycles. The Morgan fingerprint density at radius 2 is 1.39 bits per heavy atom. The van der Waals surface area contributed by atoms with Gasteiger partial charge in [-0.25, -0.2) is 0 Å². The SMILES string of the molecule is CCCCCCCCCCCC[N+](C)(C)CCOc1ccccc1C(C)=O.[Br-]. The molecule has 0 fully saturated rings. The summed E-state index contributed by atoms with van der Waals surface area (Å²) in [5.74, 6) is 0.772. The predicted octanol–water partition coefficient (Wildman–Crippen LogP) is 3.27. The predicted molar refractivity (Wildman–Crippen MR) is 116 cm³/mol. The number of unbranched alkanes of at least 4 members (excludes halogenated alkanes) is 9. The Kier molecular flexibility index (Phi) is 15.5. The third-order valence-corrected chi connectivity index (χ3v) is 5.34. The highest BCUT2D eigenvalue weighted by molar-refractivity contribution is 5.96. The molecular formula is C24H42BrNO2. The number of nitrogens with zero attached hydrogens (tertiary/aromatic N) is 1. The van der Waals surface area contributed by atoms with Gasteiger partial charge >= 0.3 is 0 Å². The third kappa shape index (κ3) is 12.6. The Hall–Kier alpha value is -0.870. The lowest BCUT2D eigenvalue weighted by atomic mass is 10.1. The summed E-state index contributed by atoms with van der Waals surface area (Å²) in [6, 6.07) is 7.53. The second-order valence-electron chi connectivity index (χ2n) is 8.47. The maximum atomic E-state index is 11.7. The molecule has 0 N–H and O–H groups in total. The van der Waals surface area contributed by atoms with Gasteiger partial charge in [-0.05, 0) is 31.9 Å². The van der Waals surface area contributed by atoms with Crippen molar-refractivity contribution in [2.24, 2.45) is 0 Å². The summed E-state index contributed by atoms with van der Waals surface area (Å²) in [5, 5.41) is 0. The van der Waals surface area contributed by atoms with E-state index in [2.05, 4.69) is 21.0 Å². The van der Waals surface area contributed by atoms with Crippen LogP contribution in [0.5, 0.6) is 5.75 Å². The molecule has 0 aliphatic carbocycles. The third-order valence-electron chi connectivity index (χ3n) is 5.34. The average molecular weight is 457 g/mol. The van der Waals surface area contributed by atoms with Gasteiger partial charge in [-0.2, -0.15) is 0 Å². The highest BCUT2D eigenvalue weighted by Crippen LogP contribution is 2.18. The van der Waals surface area contributed by atoms with Gasteiger partial charge in [0, 0.05) is 0 Å². The second kappa shape index (κ2) is 16.0. The second-order valence-corrected chi connectivity index (χ2v) is 8.47. The monoisotopic (exact) mass is 455 g/mol. The summed E-state index contributed by atoms with van der Waals surface area (Å²) >= 11 is 0. The molecule has 0 amide bonds. The van der Waals surface area contributed by atoms with E-state index < -0.39 is 0 Å². The van der Waals surface area contributed by atoms with Crippen LogP contribution in [0, 0.1) is 0 Å². The highest BCUT2D eigenvalue weighted by atomic mass is 79.9. The summed E-state index contributed by atoms with van der Waals surface area (Å²) in [5.41, 5.74) is 0.678. The zero-order valence-electron chi connectivity index (χ0n) is 18.6. The van der Waals surface area contributed by atoms with E-state index in [-0.39, 0.29) is 22.8 Å². The van der Waals surface area contributed by atoms with Crippen molar-refractivity contribution >= 4 is 5.78 Å². The fourth-order valence-corrected chi connectivity index (χ4v) is 3.43. The average Bonchev–Trinajstić information content (AvgIpc) is 2.63. The smallest absolute Gasteiger partial charge is 0.163 e. The van der Waals surface area contributed by atoms with Gasteiger partial charge < -0.3 is 26.2 Å². The number of Topliss-reactive ketones (excluding diaryl/α,β-unsaturated/α-hetero) is 1. The van der Waals surface area contributed by atoms with Crippen molar-refractivity contribution in [3.8, 4) is 5.75 Å². The van der Waals surface area contributed by atoms with E-state index in [1.54, 1.807) is 6.92 Å². The number of ether oxygens (including phenoxy) is 1. The van der Waals surface area contributed by atoms with Gasteiger partial charge in [-0.1, -0.05) is 70.4 Å². The van der Waals surface area contributed by atoms with Crippen molar-refractivity contribution in [3.63, 3.8) is 0 Å². The molecule has 28 heavy (non-hydrogen) atoms. The fraction of sp³-hybridized carbons (Fsp3) is 0.708. The lowest BCUT2D eigenvalue weighted by Crippen LogP contribution is -3.00. The Labute approximate surface area is 184 Å². The summed E-state index contributed by atoms with van der Waals surface area (Å²) in [6.45, 7) is 6.66. The number of carbonyl (C=O) groups excluding carboxylic acids is 1. The van der Waals surface area contributed by atoms with E-state index in [9.17, 15) is 4.79 Å². The number of benzene rings is 1. The van der Waals surface area contributed by atoms with E-state index in [1.807, 2.05) is 24.3 Å². The molecule has 4 heteroatoms. The van der Waals surface area contributed by atoms with E-state index in [4.69, 9.17) is 4.74 Å². The summed E-state index contributed by atoms with van der Waals surface area (Å²) in [4.78, 5) is 11.7. The number of carbonyl (C=O) groups is 1. The first kappa shape index (κ1) is 27.1. The van der Waals surface area contributed by atoms with Crippen molar-refractivity contribution in [1.82, 2.24) is 0 Å². The molecule has 0 radical (unpaired) electrons. The quantitative estimate of drug-likeness (QED) is 0.217. The van der Waals surface area contributed by atoms with E-state index in [0.717, 1.165) is 11.0 Å². The molecule has 3 nitrogen and oxygen atoms in total. The van der Waals surface area contributed by atoms with Crippen molar-refractivity contribution in [2.45, 2.75) is 78.1 Å². The molecular weight excluding hydrogens is 414 g/mol. The van der Waals surface area contributed by atoms with Gasteiger partial charge in [0.2, 0.25) is 0 Å². The number of hydrogen-bond acceptors (Lipinski definition) is 2. The molecule has 0 aromatic heterocycles. The molecule has 0 aliphatic rings. The van der Waals surface area contributed by atoms with Crippen LogP contribution in [-0.2, 0) is 0 Å². The van der Waals surface area contributed by atoms with Crippen LogP contribution in [0.4, 0.5) is 0 Å². The van der Waals surface area contributed by atoms with E-state index in [0.29, 0.717) is 17.9 Å². The Morgan fingerprint density at radius 1 is 0.857 bits per heavy atom. The minimum Gasteiger partial charge on any atom is -1.00 e. The molecule has 0 unspecified atom stereocenters. The number of para-hydroxylation sites is 1. The molecule has 0 atom stereocenters. The standard InChI is InChI=1S/C24H42NO2.BrH/c1-5-6-7-8-9-10-11-12-13-16-19-25(3,4)20-21-27-24-18-15-14-17-23(24)22(2)26;/h14-15,17-18H,5-13,16,19-21H2,1-4H3;1H/q+1;/p-1. The summed E-state index contributed by atoms with van der Waals surface area (Å²) < 4.78 is 6.87. The van der Waals surface area contributed by atoms with Crippen LogP contribution in [0.2, 0.25) is 0 Å². The maximum absolute atomic E-state index is 11.7. The molecule has 0 saturated heterocycles. The largest absolute Gasteiger partial charge is 1.00 e. The van der Waals surface area contributed by atoms with Gasteiger partial charge in [0.05, 0.1) is 26.2 Å². The zero-order valence-corrected chi connectivity index (χ0v) is 20.2. The van der Waals surface area contributed by atoms with Crippen LogP contribution in [0.15, 0.2) is 24.3 Å². The summed E-state index contributed by atoms with van der Waals surface area (Å²) in [7, 11) is 4.54. The van der Waals surface area contributed by atoms with Crippen LogP contribution < -0.4 is 21.7 Å². The Balaban J connectivity index is 0.00000729. The number of rotatable bonds is 16. The highest BCUT2D eigenvalue weighted by Gasteiger charge is 2.15. The molecule has 1 rings (SSSR count). The molecule has 0 bridgehead atoms.